The molecule has 0 spiro atoms. The highest BCUT2D eigenvalue weighted by Gasteiger charge is 2.31. The van der Waals surface area contributed by atoms with Gasteiger partial charge in [0.05, 0.1) is 13.2 Å². The van der Waals surface area contributed by atoms with Crippen LogP contribution in [-0.2, 0) is 4.74 Å². The minimum absolute atomic E-state index is 0.0121. The monoisotopic (exact) mass is 577 g/mol. The van der Waals surface area contributed by atoms with E-state index >= 15 is 0 Å². The molecule has 3 amide bonds. The summed E-state index contributed by atoms with van der Waals surface area (Å²) in [7, 11) is 1.55. The summed E-state index contributed by atoms with van der Waals surface area (Å²) in [5.74, 6) is -0.909. The highest BCUT2D eigenvalue weighted by Crippen LogP contribution is 2.36. The van der Waals surface area contributed by atoms with Crippen LogP contribution in [0, 0.1) is 11.6 Å². The van der Waals surface area contributed by atoms with Gasteiger partial charge in [-0.2, -0.15) is 0 Å². The van der Waals surface area contributed by atoms with Gasteiger partial charge in [0, 0.05) is 62.0 Å². The minimum atomic E-state index is -0.786. The van der Waals surface area contributed by atoms with Crippen LogP contribution < -0.4 is 15.5 Å². The Morgan fingerprint density at radius 3 is 2.31 bits per heavy atom. The fourth-order valence-corrected chi connectivity index (χ4v) is 5.33. The van der Waals surface area contributed by atoms with Gasteiger partial charge in [0.25, 0.3) is 5.91 Å². The van der Waals surface area contributed by atoms with Crippen LogP contribution in [0.5, 0.6) is 0 Å². The van der Waals surface area contributed by atoms with E-state index in [1.807, 2.05) is 12.1 Å². The number of halogens is 2. The molecular formula is C29H29F2N7O4. The van der Waals surface area contributed by atoms with Crippen LogP contribution in [-0.4, -0.2) is 78.4 Å². The molecule has 13 heteroatoms. The third-order valence-corrected chi connectivity index (χ3v) is 7.54. The van der Waals surface area contributed by atoms with Crippen molar-refractivity contribution < 1.29 is 27.6 Å². The highest BCUT2D eigenvalue weighted by atomic mass is 19.1. The number of nitrogens with zero attached hydrogens (tertiary/aromatic N) is 5. The number of rotatable bonds is 5. The van der Waals surface area contributed by atoms with E-state index in [1.54, 1.807) is 24.1 Å². The van der Waals surface area contributed by atoms with Crippen LogP contribution in [0.25, 0.3) is 22.5 Å². The Balaban J connectivity index is 1.29. The van der Waals surface area contributed by atoms with Crippen LogP contribution in [0.4, 0.5) is 25.1 Å². The zero-order valence-electron chi connectivity index (χ0n) is 22.9. The second kappa shape index (κ2) is 11.7. The molecule has 0 radical (unpaired) electrons. The Kier molecular flexibility index (Phi) is 7.66. The van der Waals surface area contributed by atoms with Crippen molar-refractivity contribution in [1.29, 1.82) is 0 Å². The number of amides is 3. The molecular weight excluding hydrogens is 548 g/mol. The summed E-state index contributed by atoms with van der Waals surface area (Å²) in [5.41, 5.74) is 3.14. The van der Waals surface area contributed by atoms with E-state index < -0.39 is 17.5 Å². The lowest BCUT2D eigenvalue weighted by atomic mass is 9.92. The lowest BCUT2D eigenvalue weighted by molar-refractivity contribution is 0.0710. The smallest absolute Gasteiger partial charge is 0.318 e. The van der Waals surface area contributed by atoms with Gasteiger partial charge in [-0.3, -0.25) is 4.79 Å². The summed E-state index contributed by atoms with van der Waals surface area (Å²) >= 11 is 0. The number of anilines is 2. The number of urea groups is 1. The van der Waals surface area contributed by atoms with E-state index in [4.69, 9.17) is 19.2 Å². The molecule has 0 saturated carbocycles. The number of benzene rings is 2. The molecule has 11 nitrogen and oxygen atoms in total. The van der Waals surface area contributed by atoms with Crippen LogP contribution in [0.1, 0.15) is 34.8 Å². The van der Waals surface area contributed by atoms with E-state index in [0.29, 0.717) is 86.4 Å². The molecule has 0 unspecified atom stereocenters. The molecule has 2 aromatic carbocycles. The minimum Gasteiger partial charge on any atom is -0.378 e. The number of morpholine rings is 1. The number of hydrogen-bond acceptors (Lipinski definition) is 8. The first-order chi connectivity index (χ1) is 20.4. The zero-order chi connectivity index (χ0) is 29.2. The first-order valence-electron chi connectivity index (χ1n) is 13.7. The van der Waals surface area contributed by atoms with Crippen LogP contribution in [0.2, 0.25) is 0 Å². The van der Waals surface area contributed by atoms with Crippen molar-refractivity contribution in [3.63, 3.8) is 0 Å². The fourth-order valence-electron chi connectivity index (χ4n) is 5.33. The van der Waals surface area contributed by atoms with Gasteiger partial charge in [-0.15, -0.1) is 0 Å². The Hall–Kier alpha value is -4.65. The van der Waals surface area contributed by atoms with Gasteiger partial charge in [0.1, 0.15) is 22.8 Å². The molecule has 0 atom stereocenters. The van der Waals surface area contributed by atoms with Gasteiger partial charge in [-0.05, 0) is 49.2 Å². The predicted molar refractivity (Wildman–Crippen MR) is 150 cm³/mol. The second-order valence-electron chi connectivity index (χ2n) is 10.2. The quantitative estimate of drug-likeness (QED) is 0.362. The van der Waals surface area contributed by atoms with E-state index in [-0.39, 0.29) is 17.5 Å². The SMILES string of the molecule is CNC(=O)Nc1ccc(-c2nc(N3CCOCC3)c3onc(C4CCN(C(=O)c5cc(F)cc(F)c5)CC4)c3n2)cc1. The van der Waals surface area contributed by atoms with Crippen LogP contribution in [0.15, 0.2) is 47.0 Å². The molecule has 2 aromatic heterocycles. The lowest BCUT2D eigenvalue weighted by Gasteiger charge is -2.31. The number of carbonyl (C=O) groups excluding carboxylic acids is 2. The number of ether oxygens (including phenoxy) is 1. The molecule has 2 aliphatic rings. The number of nitrogens with one attached hydrogen (secondary N) is 2. The summed E-state index contributed by atoms with van der Waals surface area (Å²) in [6.45, 7) is 3.18. The van der Waals surface area contributed by atoms with Crippen LogP contribution >= 0.6 is 0 Å². The van der Waals surface area contributed by atoms with Crippen molar-refractivity contribution in [2.75, 3.05) is 56.7 Å². The van der Waals surface area contributed by atoms with E-state index in [0.717, 1.165) is 23.8 Å². The van der Waals surface area contributed by atoms with Crippen molar-refractivity contribution >= 4 is 34.5 Å². The summed E-state index contributed by atoms with van der Waals surface area (Å²) in [6.07, 6.45) is 1.16. The molecule has 42 heavy (non-hydrogen) atoms. The fraction of sp³-hybridized carbons (Fsp3) is 0.345. The van der Waals surface area contributed by atoms with Crippen molar-refractivity contribution in [2.45, 2.75) is 18.8 Å². The lowest BCUT2D eigenvalue weighted by Crippen LogP contribution is -2.38. The maximum absolute atomic E-state index is 13.7. The summed E-state index contributed by atoms with van der Waals surface area (Å²) in [4.78, 5) is 38.0. The topological polar surface area (TPSA) is 126 Å². The Morgan fingerprint density at radius 2 is 1.64 bits per heavy atom. The van der Waals surface area contributed by atoms with E-state index in [1.165, 1.54) is 0 Å². The Bertz CT molecular complexity index is 1590. The van der Waals surface area contributed by atoms with Gasteiger partial charge in [0.2, 0.25) is 5.58 Å². The van der Waals surface area contributed by atoms with Crippen molar-refractivity contribution in [3.8, 4) is 11.4 Å². The average molecular weight is 578 g/mol. The standard InChI is InChI=1S/C29H29F2N7O4/c1-32-29(40)33-22-4-2-18(3-5-22)26-34-24-23(36-42-25(24)27(35-26)37-10-12-41-13-11-37)17-6-8-38(9-7-17)28(39)19-14-20(30)16-21(31)15-19/h2-5,14-17H,6-13H2,1H3,(H2,32,33,40). The molecule has 2 fully saturated rings. The Morgan fingerprint density at radius 1 is 0.952 bits per heavy atom. The molecule has 2 N–H and O–H groups in total. The zero-order valence-corrected chi connectivity index (χ0v) is 22.9. The normalized spacial score (nSPS) is 16.1. The van der Waals surface area contributed by atoms with Crippen molar-refractivity contribution in [1.82, 2.24) is 25.3 Å². The number of likely N-dealkylation sites (tertiary alicyclic amines) is 1. The molecule has 6 rings (SSSR count). The predicted octanol–water partition coefficient (Wildman–Crippen LogP) is 4.17. The number of carbonyl (C=O) groups is 2. The van der Waals surface area contributed by atoms with E-state index in [9.17, 15) is 18.4 Å². The Labute approximate surface area is 239 Å². The van der Waals surface area contributed by atoms with Gasteiger partial charge in [0.15, 0.2) is 11.6 Å². The van der Waals surface area contributed by atoms with Gasteiger partial charge in [-0.25, -0.2) is 23.5 Å². The molecule has 4 heterocycles. The third-order valence-electron chi connectivity index (χ3n) is 7.54. The van der Waals surface area contributed by atoms with Gasteiger partial charge < -0.3 is 29.7 Å². The number of piperidine rings is 1. The average Bonchev–Trinajstić information content (AvgIpc) is 3.44. The number of fused-ring (bicyclic) bond motifs is 1. The highest BCUT2D eigenvalue weighted by molar-refractivity contribution is 5.94. The van der Waals surface area contributed by atoms with E-state index in [2.05, 4.69) is 20.7 Å². The molecule has 2 aliphatic heterocycles. The maximum atomic E-state index is 13.7. The first-order valence-corrected chi connectivity index (χ1v) is 13.7. The number of aromatic nitrogens is 3. The molecule has 218 valence electrons. The first kappa shape index (κ1) is 27.5. The van der Waals surface area contributed by atoms with Gasteiger partial charge >= 0.3 is 6.03 Å². The summed E-state index contributed by atoms with van der Waals surface area (Å²) < 4.78 is 38.8. The molecule has 0 aliphatic carbocycles. The summed E-state index contributed by atoms with van der Waals surface area (Å²) in [5, 5.41) is 9.68. The third kappa shape index (κ3) is 5.59. The largest absolute Gasteiger partial charge is 0.378 e. The molecule has 0 bridgehead atoms. The molecule has 2 saturated heterocycles. The number of hydrogen-bond donors (Lipinski definition) is 2. The van der Waals surface area contributed by atoms with Crippen molar-refractivity contribution in [2.24, 2.45) is 0 Å². The second-order valence-corrected chi connectivity index (χ2v) is 10.2. The maximum Gasteiger partial charge on any atom is 0.318 e. The van der Waals surface area contributed by atoms with Gasteiger partial charge in [-0.1, -0.05) is 5.16 Å². The van der Waals surface area contributed by atoms with Crippen LogP contribution in [0.3, 0.4) is 0 Å². The summed E-state index contributed by atoms with van der Waals surface area (Å²) in [6, 6.07) is 9.75. The van der Waals surface area contributed by atoms with Crippen molar-refractivity contribution in [3.05, 3.63) is 65.4 Å². The molecule has 4 aromatic rings.